The summed E-state index contributed by atoms with van der Waals surface area (Å²) >= 11 is 0. The summed E-state index contributed by atoms with van der Waals surface area (Å²) in [6.07, 6.45) is 0.628. The Kier molecular flexibility index (Phi) is 5.42. The molecule has 0 fully saturated rings. The van der Waals surface area contributed by atoms with Crippen LogP contribution in [0.1, 0.15) is 47.9 Å². The van der Waals surface area contributed by atoms with E-state index in [1.54, 1.807) is 6.92 Å². The topological polar surface area (TPSA) is 80.3 Å². The van der Waals surface area contributed by atoms with Gasteiger partial charge >= 0.3 is 0 Å². The molecule has 0 spiro atoms. The minimum atomic E-state index is -1.17. The number of aliphatic hydroxyl groups is 1. The fourth-order valence-corrected chi connectivity index (χ4v) is 3.21. The van der Waals surface area contributed by atoms with Crippen molar-refractivity contribution in [2.45, 2.75) is 53.6 Å². The smallest absolute Gasteiger partial charge is 0.223 e. The molecule has 0 radical (unpaired) electrons. The maximum Gasteiger partial charge on any atom is 0.223 e. The quantitative estimate of drug-likeness (QED) is 0.841. The third-order valence-corrected chi connectivity index (χ3v) is 4.84. The molecule has 0 aliphatic rings. The lowest BCUT2D eigenvalue weighted by Crippen LogP contribution is -2.41. The highest BCUT2D eigenvalue weighted by Gasteiger charge is 2.29. The van der Waals surface area contributed by atoms with Gasteiger partial charge in [-0.1, -0.05) is 6.92 Å². The van der Waals surface area contributed by atoms with E-state index in [0.29, 0.717) is 17.7 Å². The van der Waals surface area contributed by atoms with Crippen LogP contribution in [-0.4, -0.2) is 27.3 Å². The van der Waals surface area contributed by atoms with Gasteiger partial charge < -0.3 is 14.8 Å². The van der Waals surface area contributed by atoms with Gasteiger partial charge in [-0.05, 0) is 52.7 Å². The summed E-state index contributed by atoms with van der Waals surface area (Å²) in [5, 5.41) is 18.0. The summed E-state index contributed by atoms with van der Waals surface area (Å²) in [4.78, 5) is 12.5. The summed E-state index contributed by atoms with van der Waals surface area (Å²) in [5.74, 6) is 1.13. The number of hydrogen-bond acceptors (Lipinski definition) is 4. The molecular weight excluding hydrogens is 318 g/mol. The summed E-state index contributed by atoms with van der Waals surface area (Å²) < 4.78 is 7.32. The number of aryl methyl sites for hydroxylation is 4. The predicted octanol–water partition coefficient (Wildman–Crippen LogP) is 2.45. The van der Waals surface area contributed by atoms with E-state index in [1.807, 2.05) is 52.4 Å². The second-order valence-electron chi connectivity index (χ2n) is 7.20. The number of hydrogen-bond donors (Lipinski definition) is 2. The maximum absolute atomic E-state index is 12.5. The lowest BCUT2D eigenvalue weighted by molar-refractivity contribution is -0.125. The van der Waals surface area contributed by atoms with Crippen LogP contribution >= 0.6 is 0 Å². The fraction of sp³-hybridized carbons (Fsp3) is 0.579. The van der Waals surface area contributed by atoms with Gasteiger partial charge in [-0.25, -0.2) is 0 Å². The highest BCUT2D eigenvalue weighted by Crippen LogP contribution is 2.26. The van der Waals surface area contributed by atoms with Crippen LogP contribution in [0.2, 0.25) is 0 Å². The first kappa shape index (κ1) is 19.2. The van der Waals surface area contributed by atoms with E-state index >= 15 is 0 Å². The Morgan fingerprint density at radius 2 is 2.04 bits per heavy atom. The van der Waals surface area contributed by atoms with Gasteiger partial charge in [0.2, 0.25) is 5.91 Å². The monoisotopic (exact) mass is 347 g/mol. The molecule has 2 rings (SSSR count). The minimum absolute atomic E-state index is 0.0826. The Morgan fingerprint density at radius 3 is 2.52 bits per heavy atom. The van der Waals surface area contributed by atoms with E-state index < -0.39 is 5.60 Å². The molecule has 1 amide bonds. The van der Waals surface area contributed by atoms with Crippen LogP contribution in [-0.2, 0) is 23.9 Å². The van der Waals surface area contributed by atoms with Gasteiger partial charge in [0.05, 0.1) is 12.2 Å². The van der Waals surface area contributed by atoms with Gasteiger partial charge in [-0.15, -0.1) is 0 Å². The van der Waals surface area contributed by atoms with E-state index in [2.05, 4.69) is 10.4 Å². The first-order valence-corrected chi connectivity index (χ1v) is 8.59. The van der Waals surface area contributed by atoms with Gasteiger partial charge in [0.15, 0.2) is 0 Å². The first-order valence-electron chi connectivity index (χ1n) is 8.59. The summed E-state index contributed by atoms with van der Waals surface area (Å²) in [7, 11) is 1.91. The van der Waals surface area contributed by atoms with Crippen LogP contribution in [0.15, 0.2) is 10.5 Å². The van der Waals surface area contributed by atoms with Crippen molar-refractivity contribution in [1.29, 1.82) is 0 Å². The van der Waals surface area contributed by atoms with Crippen molar-refractivity contribution in [3.8, 4) is 0 Å². The first-order chi connectivity index (χ1) is 11.5. The van der Waals surface area contributed by atoms with Gasteiger partial charge in [0.25, 0.3) is 0 Å². The van der Waals surface area contributed by atoms with Crippen LogP contribution in [0.25, 0.3) is 0 Å². The van der Waals surface area contributed by atoms with Crippen molar-refractivity contribution in [3.05, 3.63) is 40.1 Å². The summed E-state index contributed by atoms with van der Waals surface area (Å²) in [6.45, 7) is 11.3. The Labute approximate surface area is 149 Å². The Bertz CT molecular complexity index is 771. The molecule has 0 aliphatic carbocycles. The third-order valence-electron chi connectivity index (χ3n) is 4.84. The molecule has 2 N–H and O–H groups in total. The molecule has 2 unspecified atom stereocenters. The van der Waals surface area contributed by atoms with Crippen molar-refractivity contribution >= 4 is 5.91 Å². The van der Waals surface area contributed by atoms with Gasteiger partial charge in [0.1, 0.15) is 17.1 Å². The van der Waals surface area contributed by atoms with E-state index in [4.69, 9.17) is 4.42 Å². The predicted molar refractivity (Wildman–Crippen MR) is 96.3 cm³/mol. The van der Waals surface area contributed by atoms with Crippen LogP contribution in [0.3, 0.4) is 0 Å². The number of amides is 1. The molecule has 0 saturated carbocycles. The maximum atomic E-state index is 12.5. The third kappa shape index (κ3) is 4.12. The van der Waals surface area contributed by atoms with E-state index in [-0.39, 0.29) is 18.4 Å². The molecule has 0 aromatic carbocycles. The number of rotatable bonds is 6. The number of carbonyl (C=O) groups excluding carboxylic acids is 1. The molecule has 2 atom stereocenters. The van der Waals surface area contributed by atoms with Crippen molar-refractivity contribution in [1.82, 2.24) is 15.1 Å². The summed E-state index contributed by atoms with van der Waals surface area (Å²) in [5.41, 5.74) is 2.68. The van der Waals surface area contributed by atoms with Gasteiger partial charge in [-0.2, -0.15) is 5.10 Å². The second kappa shape index (κ2) is 7.04. The van der Waals surface area contributed by atoms with Gasteiger partial charge in [-0.3, -0.25) is 9.48 Å². The van der Waals surface area contributed by atoms with Crippen LogP contribution in [0.5, 0.6) is 0 Å². The number of nitrogens with zero attached hydrogens (tertiary/aromatic N) is 2. The average molecular weight is 347 g/mol. The molecular formula is C19H29N3O3. The molecule has 2 aromatic rings. The summed E-state index contributed by atoms with van der Waals surface area (Å²) in [6, 6.07) is 1.81. The molecule has 0 saturated heterocycles. The Balaban J connectivity index is 2.00. The van der Waals surface area contributed by atoms with Crippen LogP contribution < -0.4 is 5.32 Å². The zero-order valence-corrected chi connectivity index (χ0v) is 16.2. The van der Waals surface area contributed by atoms with E-state index in [1.165, 1.54) is 0 Å². The molecule has 2 heterocycles. The number of aromatic nitrogens is 2. The van der Waals surface area contributed by atoms with Crippen LogP contribution in [0, 0.1) is 33.6 Å². The average Bonchev–Trinajstić information content (AvgIpc) is 2.98. The largest absolute Gasteiger partial charge is 0.466 e. The minimum Gasteiger partial charge on any atom is -0.466 e. The lowest BCUT2D eigenvalue weighted by Gasteiger charge is -2.24. The SMILES string of the molecule is Cc1cc(C(C)(O)CNC(=O)C(C)Cc2c(C)nn(C)c2C)c(C)o1. The molecule has 25 heavy (non-hydrogen) atoms. The zero-order valence-electron chi connectivity index (χ0n) is 16.2. The molecule has 0 aliphatic heterocycles. The van der Waals surface area contributed by atoms with Crippen molar-refractivity contribution < 1.29 is 14.3 Å². The fourth-order valence-electron chi connectivity index (χ4n) is 3.21. The number of carbonyl (C=O) groups is 1. The normalized spacial score (nSPS) is 15.0. The van der Waals surface area contributed by atoms with E-state index in [9.17, 15) is 9.90 Å². The molecule has 6 nitrogen and oxygen atoms in total. The zero-order chi connectivity index (χ0) is 18.9. The molecule has 138 valence electrons. The molecule has 0 bridgehead atoms. The Hall–Kier alpha value is -2.08. The Morgan fingerprint density at radius 1 is 1.40 bits per heavy atom. The number of furan rings is 1. The standard InChI is InChI=1S/C19H29N3O3/c1-11(8-16-13(3)21-22(7)14(16)4)18(23)20-10-19(6,24)17-9-12(2)25-15(17)5/h9,11,24H,8,10H2,1-7H3,(H,20,23). The second-order valence-corrected chi connectivity index (χ2v) is 7.20. The van der Waals surface area contributed by atoms with Crippen molar-refractivity contribution in [3.63, 3.8) is 0 Å². The van der Waals surface area contributed by atoms with Crippen molar-refractivity contribution in [2.24, 2.45) is 13.0 Å². The lowest BCUT2D eigenvalue weighted by atomic mass is 9.95. The van der Waals surface area contributed by atoms with E-state index in [0.717, 1.165) is 22.7 Å². The van der Waals surface area contributed by atoms with Crippen molar-refractivity contribution in [2.75, 3.05) is 6.54 Å². The highest BCUT2D eigenvalue weighted by molar-refractivity contribution is 5.78. The number of nitrogens with one attached hydrogen (secondary N) is 1. The van der Waals surface area contributed by atoms with Gasteiger partial charge in [0, 0.05) is 24.2 Å². The van der Waals surface area contributed by atoms with Crippen LogP contribution in [0.4, 0.5) is 0 Å². The molecule has 2 aromatic heterocycles. The molecule has 6 heteroatoms. The highest BCUT2D eigenvalue weighted by atomic mass is 16.3.